The van der Waals surface area contributed by atoms with E-state index in [-0.39, 0.29) is 0 Å². The summed E-state index contributed by atoms with van der Waals surface area (Å²) in [5, 5.41) is 0. The maximum absolute atomic E-state index is 5.57. The summed E-state index contributed by atoms with van der Waals surface area (Å²) in [6.07, 6.45) is 3.99. The highest BCUT2D eigenvalue weighted by molar-refractivity contribution is 7.98. The van der Waals surface area contributed by atoms with Gasteiger partial charge >= 0.3 is 0 Å². The largest absolute Gasteiger partial charge is 0.378 e. The third kappa shape index (κ3) is 4.83. The lowest BCUT2D eigenvalue weighted by molar-refractivity contribution is 0.122. The summed E-state index contributed by atoms with van der Waals surface area (Å²) < 4.78 is 5.57. The summed E-state index contributed by atoms with van der Waals surface area (Å²) in [4.78, 5) is 23.0. The van der Waals surface area contributed by atoms with Crippen LogP contribution in [0.5, 0.6) is 0 Å². The van der Waals surface area contributed by atoms with Crippen LogP contribution in [0.15, 0.2) is 53.6 Å². The molecule has 1 aromatic carbocycles. The summed E-state index contributed by atoms with van der Waals surface area (Å²) >= 11 is 1.75. The van der Waals surface area contributed by atoms with Crippen molar-refractivity contribution >= 4 is 29.3 Å². The lowest BCUT2D eigenvalue weighted by Crippen LogP contribution is -2.53. The van der Waals surface area contributed by atoms with E-state index in [2.05, 4.69) is 76.2 Å². The van der Waals surface area contributed by atoms with Crippen LogP contribution in [0.25, 0.3) is 11.3 Å². The molecule has 2 aliphatic heterocycles. The van der Waals surface area contributed by atoms with Gasteiger partial charge < -0.3 is 19.4 Å². The number of hydrogen-bond acceptors (Lipinski definition) is 8. The van der Waals surface area contributed by atoms with Crippen LogP contribution in [0, 0.1) is 6.92 Å². The van der Waals surface area contributed by atoms with Gasteiger partial charge in [-0.3, -0.25) is 0 Å². The van der Waals surface area contributed by atoms with Crippen molar-refractivity contribution in [2.45, 2.75) is 24.8 Å². The van der Waals surface area contributed by atoms with Gasteiger partial charge in [0, 0.05) is 61.5 Å². The summed E-state index contributed by atoms with van der Waals surface area (Å²) in [7, 11) is 0. The van der Waals surface area contributed by atoms with Gasteiger partial charge in [0.05, 0.1) is 18.9 Å². The topological polar surface area (TPSA) is 57.6 Å². The van der Waals surface area contributed by atoms with Crippen LogP contribution in [-0.2, 0) is 4.74 Å². The van der Waals surface area contributed by atoms with E-state index >= 15 is 0 Å². The molecule has 0 radical (unpaired) electrons. The summed E-state index contributed by atoms with van der Waals surface area (Å²) in [5.41, 5.74) is 3.31. The minimum absolute atomic E-state index is 0.299. The third-order valence-electron chi connectivity index (χ3n) is 6.56. The maximum Gasteiger partial charge on any atom is 0.228 e. The molecule has 5 rings (SSSR count). The van der Waals surface area contributed by atoms with E-state index < -0.39 is 0 Å². The second kappa shape index (κ2) is 10.2. The lowest BCUT2D eigenvalue weighted by Gasteiger charge is -2.41. The first-order valence-electron chi connectivity index (χ1n) is 11.9. The van der Waals surface area contributed by atoms with Crippen LogP contribution >= 0.6 is 11.8 Å². The van der Waals surface area contributed by atoms with E-state index in [9.17, 15) is 0 Å². The molecular weight excluding hydrogens is 444 g/mol. The number of nitrogens with zero attached hydrogens (tertiary/aromatic N) is 6. The highest BCUT2D eigenvalue weighted by Gasteiger charge is 2.28. The van der Waals surface area contributed by atoms with E-state index in [0.717, 1.165) is 61.6 Å². The molecule has 2 aromatic heterocycles. The van der Waals surface area contributed by atoms with Crippen LogP contribution in [0.4, 0.5) is 17.6 Å². The number of benzene rings is 1. The van der Waals surface area contributed by atoms with Crippen LogP contribution in [0.3, 0.4) is 0 Å². The number of ether oxygens (including phenoxy) is 1. The highest BCUT2D eigenvalue weighted by atomic mass is 32.2. The Balaban J connectivity index is 1.47. The number of hydrogen-bond donors (Lipinski definition) is 0. The number of anilines is 3. The molecule has 2 saturated heterocycles. The van der Waals surface area contributed by atoms with Crippen LogP contribution in [-0.4, -0.2) is 73.2 Å². The van der Waals surface area contributed by atoms with Crippen molar-refractivity contribution in [1.29, 1.82) is 0 Å². The molecule has 0 amide bonds. The van der Waals surface area contributed by atoms with Crippen molar-refractivity contribution in [3.05, 3.63) is 54.2 Å². The zero-order valence-electron chi connectivity index (χ0n) is 20.1. The van der Waals surface area contributed by atoms with Gasteiger partial charge in [0.2, 0.25) is 5.95 Å². The number of morpholine rings is 1. The van der Waals surface area contributed by atoms with Gasteiger partial charge in [-0.2, -0.15) is 4.98 Å². The second-order valence-electron chi connectivity index (χ2n) is 8.88. The number of rotatable bonds is 5. The molecule has 4 heterocycles. The number of piperazine rings is 1. The molecule has 8 heteroatoms. The van der Waals surface area contributed by atoms with Crippen molar-refractivity contribution in [1.82, 2.24) is 15.0 Å². The molecule has 0 bridgehead atoms. The number of aromatic nitrogens is 3. The van der Waals surface area contributed by atoms with Crippen LogP contribution in [0.1, 0.15) is 12.5 Å². The molecule has 178 valence electrons. The standard InChI is InChI=1S/C26H32N6OS/c1-19-6-5-9-27-25(19)31-10-11-32(20(2)18-31)24-17-23(21-7-4-8-22(16-21)34-3)28-26(29-24)30-12-14-33-15-13-30/h4-9,16-17,20H,10-15,18H2,1-3H3/t20-/m1/s1. The van der Waals surface area contributed by atoms with Gasteiger partial charge in [-0.05, 0) is 43.9 Å². The van der Waals surface area contributed by atoms with Gasteiger partial charge in [-0.25, -0.2) is 9.97 Å². The maximum atomic E-state index is 5.57. The fourth-order valence-electron chi connectivity index (χ4n) is 4.70. The molecule has 0 saturated carbocycles. The molecule has 2 aliphatic rings. The fraction of sp³-hybridized carbons (Fsp3) is 0.423. The monoisotopic (exact) mass is 476 g/mol. The molecular formula is C26H32N6OS. The fourth-order valence-corrected chi connectivity index (χ4v) is 5.16. The summed E-state index contributed by atoms with van der Waals surface area (Å²) in [5.74, 6) is 2.87. The Morgan fingerprint density at radius 1 is 0.971 bits per heavy atom. The van der Waals surface area contributed by atoms with Crippen molar-refractivity contribution in [3.63, 3.8) is 0 Å². The predicted octanol–water partition coefficient (Wildman–Crippen LogP) is 4.12. The molecule has 0 N–H and O–H groups in total. The first-order valence-corrected chi connectivity index (χ1v) is 13.1. The average Bonchev–Trinajstić information content (AvgIpc) is 2.89. The number of pyridine rings is 1. The Morgan fingerprint density at radius 2 is 1.82 bits per heavy atom. The molecule has 34 heavy (non-hydrogen) atoms. The Labute approximate surface area is 206 Å². The van der Waals surface area contributed by atoms with Crippen molar-refractivity contribution in [3.8, 4) is 11.3 Å². The molecule has 0 unspecified atom stereocenters. The first-order chi connectivity index (χ1) is 16.6. The Hall–Kier alpha value is -2.84. The summed E-state index contributed by atoms with van der Waals surface area (Å²) in [6, 6.07) is 15.2. The molecule has 7 nitrogen and oxygen atoms in total. The number of thioether (sulfide) groups is 1. The lowest BCUT2D eigenvalue weighted by atomic mass is 10.1. The van der Waals surface area contributed by atoms with Crippen molar-refractivity contribution in [2.24, 2.45) is 0 Å². The molecule has 2 fully saturated rings. The van der Waals surface area contributed by atoms with Crippen molar-refractivity contribution < 1.29 is 4.74 Å². The van der Waals surface area contributed by atoms with Gasteiger partial charge in [0.1, 0.15) is 11.6 Å². The van der Waals surface area contributed by atoms with Crippen LogP contribution in [0.2, 0.25) is 0 Å². The summed E-state index contributed by atoms with van der Waals surface area (Å²) in [6.45, 7) is 10.2. The molecule has 1 atom stereocenters. The SMILES string of the molecule is CSc1cccc(-c2cc(N3CCN(c4ncccc4C)C[C@H]3C)nc(N3CCOCC3)n2)c1. The van der Waals surface area contributed by atoms with Gasteiger partial charge in [-0.15, -0.1) is 11.8 Å². The molecule has 0 spiro atoms. The van der Waals surface area contributed by atoms with E-state index in [0.29, 0.717) is 19.3 Å². The average molecular weight is 477 g/mol. The third-order valence-corrected chi connectivity index (χ3v) is 7.29. The Bertz CT molecular complexity index is 1140. The van der Waals surface area contributed by atoms with E-state index in [1.807, 2.05) is 12.3 Å². The Morgan fingerprint density at radius 3 is 2.59 bits per heavy atom. The zero-order chi connectivity index (χ0) is 23.5. The van der Waals surface area contributed by atoms with E-state index in [4.69, 9.17) is 14.7 Å². The zero-order valence-corrected chi connectivity index (χ0v) is 21.0. The van der Waals surface area contributed by atoms with E-state index in [1.165, 1.54) is 10.5 Å². The smallest absolute Gasteiger partial charge is 0.228 e. The van der Waals surface area contributed by atoms with Crippen molar-refractivity contribution in [2.75, 3.05) is 66.9 Å². The quantitative estimate of drug-likeness (QED) is 0.510. The second-order valence-corrected chi connectivity index (χ2v) is 9.75. The predicted molar refractivity (Wildman–Crippen MR) is 140 cm³/mol. The first kappa shape index (κ1) is 22.9. The van der Waals surface area contributed by atoms with Crippen LogP contribution < -0.4 is 14.7 Å². The molecule has 0 aliphatic carbocycles. The van der Waals surface area contributed by atoms with Gasteiger partial charge in [0.25, 0.3) is 0 Å². The number of aryl methyl sites for hydroxylation is 1. The highest BCUT2D eigenvalue weighted by Crippen LogP contribution is 2.30. The minimum Gasteiger partial charge on any atom is -0.378 e. The normalized spacial score (nSPS) is 18.9. The molecule has 3 aromatic rings. The van der Waals surface area contributed by atoms with E-state index in [1.54, 1.807) is 11.8 Å². The van der Waals surface area contributed by atoms with Gasteiger partial charge in [-0.1, -0.05) is 18.2 Å². The Kier molecular flexibility index (Phi) is 6.87. The minimum atomic E-state index is 0.299. The van der Waals surface area contributed by atoms with Gasteiger partial charge in [0.15, 0.2) is 0 Å².